The molecule has 0 aromatic carbocycles. The normalized spacial score (nSPS) is 51.5. The van der Waals surface area contributed by atoms with Crippen molar-refractivity contribution >= 4 is 0 Å². The van der Waals surface area contributed by atoms with E-state index in [9.17, 15) is 0 Å². The number of hydrogen-bond acceptors (Lipinski definition) is 4. The Kier molecular flexibility index (Phi) is 2.11. The van der Waals surface area contributed by atoms with E-state index in [1.165, 1.54) is 0 Å². The molecule has 0 unspecified atom stereocenters. The summed E-state index contributed by atoms with van der Waals surface area (Å²) in [6, 6.07) is 0.519. The van der Waals surface area contributed by atoms with Crippen LogP contribution >= 0.6 is 0 Å². The minimum Gasteiger partial charge on any atom is -0.296 e. The summed E-state index contributed by atoms with van der Waals surface area (Å²) in [5.74, 6) is 0. The first-order valence-electron chi connectivity index (χ1n) is 5.08. The van der Waals surface area contributed by atoms with Gasteiger partial charge in [-0.15, -0.1) is 0 Å². The zero-order valence-corrected chi connectivity index (χ0v) is 8.70. The van der Waals surface area contributed by atoms with Crippen LogP contribution in [0.25, 0.3) is 0 Å². The Balaban J connectivity index is 2.20. The van der Waals surface area contributed by atoms with Crippen LogP contribution in [0.1, 0.15) is 20.8 Å². The van der Waals surface area contributed by atoms with Gasteiger partial charge in [-0.2, -0.15) is 0 Å². The molecule has 2 rings (SSSR count). The Morgan fingerprint density at radius 3 is 2.31 bits per heavy atom. The van der Waals surface area contributed by atoms with E-state index in [2.05, 4.69) is 42.0 Å². The molecule has 2 saturated heterocycles. The molecule has 2 aliphatic heterocycles. The van der Waals surface area contributed by atoms with Crippen LogP contribution in [-0.4, -0.2) is 37.0 Å². The van der Waals surface area contributed by atoms with E-state index in [0.717, 1.165) is 19.6 Å². The molecule has 0 spiro atoms. The van der Waals surface area contributed by atoms with Crippen LogP contribution in [0.15, 0.2) is 0 Å². The van der Waals surface area contributed by atoms with Crippen molar-refractivity contribution in [2.45, 2.75) is 38.1 Å². The zero-order valence-electron chi connectivity index (χ0n) is 8.70. The van der Waals surface area contributed by atoms with E-state index in [1.807, 2.05) is 0 Å². The van der Waals surface area contributed by atoms with Gasteiger partial charge in [-0.05, 0) is 20.8 Å². The highest BCUT2D eigenvalue weighted by molar-refractivity contribution is 5.09. The van der Waals surface area contributed by atoms with E-state index in [-0.39, 0.29) is 11.3 Å². The van der Waals surface area contributed by atoms with Gasteiger partial charge >= 0.3 is 0 Å². The van der Waals surface area contributed by atoms with Crippen LogP contribution in [-0.2, 0) is 0 Å². The third-order valence-electron chi connectivity index (χ3n) is 3.38. The lowest BCUT2D eigenvalue weighted by molar-refractivity contribution is 0.0223. The van der Waals surface area contributed by atoms with Crippen molar-refractivity contribution in [3.63, 3.8) is 0 Å². The van der Waals surface area contributed by atoms with Crippen molar-refractivity contribution in [3.8, 4) is 0 Å². The van der Waals surface area contributed by atoms with E-state index < -0.39 is 0 Å². The van der Waals surface area contributed by atoms with Crippen LogP contribution in [0.4, 0.5) is 0 Å². The maximum Gasteiger partial charge on any atom is 0.0981 e. The highest BCUT2D eigenvalue weighted by atomic mass is 15.4. The van der Waals surface area contributed by atoms with E-state index >= 15 is 0 Å². The van der Waals surface area contributed by atoms with Gasteiger partial charge in [0.05, 0.1) is 11.3 Å². The van der Waals surface area contributed by atoms with Crippen LogP contribution in [0.2, 0.25) is 0 Å². The molecular formula is C9H20N4. The zero-order chi connectivity index (χ0) is 9.53. The van der Waals surface area contributed by atoms with Crippen molar-refractivity contribution in [2.24, 2.45) is 0 Å². The fourth-order valence-corrected chi connectivity index (χ4v) is 2.31. The van der Waals surface area contributed by atoms with Crippen LogP contribution < -0.4 is 21.3 Å². The Morgan fingerprint density at radius 2 is 1.62 bits per heavy atom. The Bertz CT molecular complexity index is 208. The van der Waals surface area contributed by atoms with Gasteiger partial charge in [0.2, 0.25) is 0 Å². The minimum absolute atomic E-state index is 0.0300. The first-order chi connectivity index (χ1) is 6.06. The molecule has 0 aromatic heterocycles. The number of rotatable bonds is 0. The molecule has 3 atom stereocenters. The summed E-state index contributed by atoms with van der Waals surface area (Å²) in [7, 11) is 0. The second-order valence-corrected chi connectivity index (χ2v) is 4.53. The Labute approximate surface area is 79.8 Å². The average molecular weight is 184 g/mol. The largest absolute Gasteiger partial charge is 0.296 e. The van der Waals surface area contributed by atoms with Gasteiger partial charge in [0, 0.05) is 25.7 Å². The Hall–Kier alpha value is -0.160. The maximum atomic E-state index is 3.60. The first kappa shape index (κ1) is 9.40. The third kappa shape index (κ3) is 1.38. The lowest BCUT2D eigenvalue weighted by atomic mass is 9.89. The van der Waals surface area contributed by atoms with E-state index in [4.69, 9.17) is 0 Å². The summed E-state index contributed by atoms with van der Waals surface area (Å²) < 4.78 is 0. The topological polar surface area (TPSA) is 48.1 Å². The fourth-order valence-electron chi connectivity index (χ4n) is 2.31. The molecule has 2 heterocycles. The van der Waals surface area contributed by atoms with Gasteiger partial charge < -0.3 is 0 Å². The van der Waals surface area contributed by atoms with E-state index in [0.29, 0.717) is 6.04 Å². The molecule has 2 fully saturated rings. The summed E-state index contributed by atoms with van der Waals surface area (Å²) >= 11 is 0. The summed E-state index contributed by atoms with van der Waals surface area (Å²) in [5.41, 5.74) is -0.0688. The maximum absolute atomic E-state index is 3.60. The predicted molar refractivity (Wildman–Crippen MR) is 53.4 cm³/mol. The second kappa shape index (κ2) is 2.92. The standard InChI is InChI=1S/C9H20N4/c1-7-6-12-8(2)9(3,13-7)11-5-4-10-8/h7,10-13H,4-6H2,1-3H3/t7-,8+,9-/m0/s1. The van der Waals surface area contributed by atoms with Gasteiger partial charge in [-0.25, -0.2) is 0 Å². The van der Waals surface area contributed by atoms with Crippen molar-refractivity contribution in [1.29, 1.82) is 0 Å². The SMILES string of the molecule is C[C@H]1CN[C@@]2(C)NCCN[C@@]2(C)N1. The van der Waals surface area contributed by atoms with Gasteiger partial charge in [-0.3, -0.25) is 21.3 Å². The summed E-state index contributed by atoms with van der Waals surface area (Å²) in [6.45, 7) is 9.68. The molecule has 0 radical (unpaired) electrons. The van der Waals surface area contributed by atoms with Gasteiger partial charge in [-0.1, -0.05) is 0 Å². The molecule has 0 amide bonds. The highest BCUT2D eigenvalue weighted by Crippen LogP contribution is 2.22. The summed E-state index contributed by atoms with van der Waals surface area (Å²) in [6.07, 6.45) is 0. The lowest BCUT2D eigenvalue weighted by Crippen LogP contribution is -2.86. The first-order valence-corrected chi connectivity index (χ1v) is 5.08. The minimum atomic E-state index is -0.0388. The van der Waals surface area contributed by atoms with Crippen molar-refractivity contribution in [2.75, 3.05) is 19.6 Å². The summed E-state index contributed by atoms with van der Waals surface area (Å²) in [5, 5.41) is 14.2. The molecule has 2 aliphatic rings. The van der Waals surface area contributed by atoms with Crippen molar-refractivity contribution < 1.29 is 0 Å². The molecular weight excluding hydrogens is 164 g/mol. The predicted octanol–water partition coefficient (Wildman–Crippen LogP) is -0.807. The number of piperazine rings is 2. The van der Waals surface area contributed by atoms with Gasteiger partial charge in [0.25, 0.3) is 0 Å². The molecule has 4 nitrogen and oxygen atoms in total. The van der Waals surface area contributed by atoms with Crippen LogP contribution in [0.5, 0.6) is 0 Å². The molecule has 4 N–H and O–H groups in total. The molecule has 13 heavy (non-hydrogen) atoms. The van der Waals surface area contributed by atoms with Crippen LogP contribution in [0, 0.1) is 0 Å². The summed E-state index contributed by atoms with van der Waals surface area (Å²) in [4.78, 5) is 0. The average Bonchev–Trinajstić information content (AvgIpc) is 2.07. The molecule has 0 aromatic rings. The second-order valence-electron chi connectivity index (χ2n) is 4.53. The fraction of sp³-hybridized carbons (Fsp3) is 1.00. The molecule has 76 valence electrons. The highest BCUT2D eigenvalue weighted by Gasteiger charge is 2.49. The van der Waals surface area contributed by atoms with Crippen molar-refractivity contribution in [1.82, 2.24) is 21.3 Å². The number of fused-ring (bicyclic) bond motifs is 1. The van der Waals surface area contributed by atoms with E-state index in [1.54, 1.807) is 0 Å². The Morgan fingerprint density at radius 1 is 1.00 bits per heavy atom. The molecule has 0 saturated carbocycles. The lowest BCUT2D eigenvalue weighted by Gasteiger charge is -2.56. The molecule has 0 aliphatic carbocycles. The third-order valence-corrected chi connectivity index (χ3v) is 3.38. The number of hydrogen-bond donors (Lipinski definition) is 4. The van der Waals surface area contributed by atoms with Gasteiger partial charge in [0.15, 0.2) is 0 Å². The van der Waals surface area contributed by atoms with Gasteiger partial charge in [0.1, 0.15) is 0 Å². The quantitative estimate of drug-likeness (QED) is 0.398. The smallest absolute Gasteiger partial charge is 0.0981 e. The molecule has 0 bridgehead atoms. The monoisotopic (exact) mass is 184 g/mol. The number of nitrogens with one attached hydrogen (secondary N) is 4. The van der Waals surface area contributed by atoms with Crippen molar-refractivity contribution in [3.05, 3.63) is 0 Å². The molecule has 4 heteroatoms. The van der Waals surface area contributed by atoms with Crippen LogP contribution in [0.3, 0.4) is 0 Å².